The van der Waals surface area contributed by atoms with Crippen LogP contribution in [0.25, 0.3) is 0 Å². The molecule has 4 heteroatoms. The molecule has 2 fully saturated rings. The fraction of sp³-hybridized carbons (Fsp3) is 0.667. The SMILES string of the molecule is Cc1cc(C(=O)N2CCOC3(CCCC3)C2)c(C)s1. The van der Waals surface area contributed by atoms with Gasteiger partial charge in [0.25, 0.3) is 5.91 Å². The molecule has 0 bridgehead atoms. The monoisotopic (exact) mass is 279 g/mol. The van der Waals surface area contributed by atoms with Gasteiger partial charge in [-0.2, -0.15) is 0 Å². The molecule has 2 aliphatic rings. The van der Waals surface area contributed by atoms with Crippen LogP contribution in [-0.2, 0) is 4.74 Å². The molecule has 0 aromatic carbocycles. The van der Waals surface area contributed by atoms with Gasteiger partial charge in [0.15, 0.2) is 0 Å². The largest absolute Gasteiger partial charge is 0.371 e. The van der Waals surface area contributed by atoms with Crippen LogP contribution in [0, 0.1) is 13.8 Å². The molecule has 19 heavy (non-hydrogen) atoms. The summed E-state index contributed by atoms with van der Waals surface area (Å²) in [6.07, 6.45) is 4.69. The van der Waals surface area contributed by atoms with E-state index in [1.807, 2.05) is 17.9 Å². The second-order valence-electron chi connectivity index (χ2n) is 5.79. The Kier molecular flexibility index (Phi) is 3.39. The number of ether oxygens (including phenoxy) is 1. The summed E-state index contributed by atoms with van der Waals surface area (Å²) >= 11 is 1.71. The fourth-order valence-electron chi connectivity index (χ4n) is 3.35. The molecule has 2 heterocycles. The second kappa shape index (κ2) is 4.91. The van der Waals surface area contributed by atoms with E-state index in [0.29, 0.717) is 6.61 Å². The molecular weight excluding hydrogens is 258 g/mol. The first-order valence-corrected chi connectivity index (χ1v) is 7.92. The number of hydrogen-bond donors (Lipinski definition) is 0. The third-order valence-corrected chi connectivity index (χ3v) is 5.29. The van der Waals surface area contributed by atoms with E-state index in [1.54, 1.807) is 11.3 Å². The zero-order valence-corrected chi connectivity index (χ0v) is 12.5. The van der Waals surface area contributed by atoms with E-state index in [2.05, 4.69) is 6.92 Å². The number of amides is 1. The highest BCUT2D eigenvalue weighted by Gasteiger charge is 2.40. The highest BCUT2D eigenvalue weighted by atomic mass is 32.1. The smallest absolute Gasteiger partial charge is 0.255 e. The molecule has 1 saturated carbocycles. The summed E-state index contributed by atoms with van der Waals surface area (Å²) in [5, 5.41) is 0. The van der Waals surface area contributed by atoms with Crippen molar-refractivity contribution in [3.8, 4) is 0 Å². The first-order valence-electron chi connectivity index (χ1n) is 7.10. The number of hydrogen-bond acceptors (Lipinski definition) is 3. The highest BCUT2D eigenvalue weighted by molar-refractivity contribution is 7.12. The minimum atomic E-state index is -0.0348. The van der Waals surface area contributed by atoms with Crippen molar-refractivity contribution in [1.82, 2.24) is 4.90 Å². The number of thiophene rings is 1. The van der Waals surface area contributed by atoms with Crippen molar-refractivity contribution in [3.63, 3.8) is 0 Å². The van der Waals surface area contributed by atoms with Crippen LogP contribution in [0.3, 0.4) is 0 Å². The molecule has 1 spiro atoms. The molecule has 104 valence electrons. The van der Waals surface area contributed by atoms with Gasteiger partial charge in [0, 0.05) is 16.3 Å². The first kappa shape index (κ1) is 13.1. The van der Waals surface area contributed by atoms with Crippen molar-refractivity contribution in [1.29, 1.82) is 0 Å². The third kappa shape index (κ3) is 2.43. The minimum Gasteiger partial charge on any atom is -0.371 e. The Morgan fingerprint density at radius 2 is 2.11 bits per heavy atom. The molecular formula is C15H21NO2S. The quantitative estimate of drug-likeness (QED) is 0.790. The number of morpholine rings is 1. The number of aryl methyl sites for hydroxylation is 2. The summed E-state index contributed by atoms with van der Waals surface area (Å²) in [6.45, 7) is 6.30. The molecule has 0 atom stereocenters. The Balaban J connectivity index is 1.78. The summed E-state index contributed by atoms with van der Waals surface area (Å²) in [5.41, 5.74) is 0.852. The number of rotatable bonds is 1. The van der Waals surface area contributed by atoms with Gasteiger partial charge in [-0.1, -0.05) is 12.8 Å². The molecule has 1 aromatic rings. The van der Waals surface area contributed by atoms with Gasteiger partial charge >= 0.3 is 0 Å². The molecule has 0 unspecified atom stereocenters. The Morgan fingerprint density at radius 3 is 2.74 bits per heavy atom. The van der Waals surface area contributed by atoms with Gasteiger partial charge in [-0.15, -0.1) is 11.3 Å². The Hall–Kier alpha value is -0.870. The topological polar surface area (TPSA) is 29.5 Å². The van der Waals surface area contributed by atoms with E-state index in [1.165, 1.54) is 17.7 Å². The van der Waals surface area contributed by atoms with Gasteiger partial charge in [-0.3, -0.25) is 4.79 Å². The molecule has 0 N–H and O–H groups in total. The van der Waals surface area contributed by atoms with Crippen molar-refractivity contribution in [2.24, 2.45) is 0 Å². The molecule has 1 aromatic heterocycles. The van der Waals surface area contributed by atoms with Gasteiger partial charge in [-0.05, 0) is 32.8 Å². The summed E-state index contributed by atoms with van der Waals surface area (Å²) in [4.78, 5) is 17.0. The number of carbonyl (C=O) groups is 1. The van der Waals surface area contributed by atoms with Gasteiger partial charge in [0.05, 0.1) is 24.3 Å². The highest BCUT2D eigenvalue weighted by Crippen LogP contribution is 2.36. The van der Waals surface area contributed by atoms with Crippen molar-refractivity contribution in [2.75, 3.05) is 19.7 Å². The molecule has 1 saturated heterocycles. The maximum absolute atomic E-state index is 12.7. The zero-order valence-electron chi connectivity index (χ0n) is 11.7. The lowest BCUT2D eigenvalue weighted by molar-refractivity contribution is -0.0948. The number of carbonyl (C=O) groups excluding carboxylic acids is 1. The molecule has 1 amide bonds. The van der Waals surface area contributed by atoms with Gasteiger partial charge in [0.1, 0.15) is 0 Å². The average Bonchev–Trinajstić information content (AvgIpc) is 2.96. The maximum Gasteiger partial charge on any atom is 0.255 e. The second-order valence-corrected chi connectivity index (χ2v) is 7.25. The van der Waals surface area contributed by atoms with Crippen LogP contribution in [0.5, 0.6) is 0 Å². The van der Waals surface area contributed by atoms with E-state index < -0.39 is 0 Å². The lowest BCUT2D eigenvalue weighted by Crippen LogP contribution is -2.52. The molecule has 3 nitrogen and oxygen atoms in total. The Morgan fingerprint density at radius 1 is 1.37 bits per heavy atom. The first-order chi connectivity index (χ1) is 9.10. The summed E-state index contributed by atoms with van der Waals surface area (Å²) in [6, 6.07) is 2.03. The van der Waals surface area contributed by atoms with Crippen LogP contribution < -0.4 is 0 Å². The van der Waals surface area contributed by atoms with E-state index in [-0.39, 0.29) is 11.5 Å². The average molecular weight is 279 g/mol. The van der Waals surface area contributed by atoms with Crippen LogP contribution in [0.2, 0.25) is 0 Å². The van der Waals surface area contributed by atoms with Crippen LogP contribution in [0.4, 0.5) is 0 Å². The fourth-order valence-corrected chi connectivity index (χ4v) is 4.27. The van der Waals surface area contributed by atoms with E-state index in [0.717, 1.165) is 36.4 Å². The predicted octanol–water partition coefficient (Wildman–Crippen LogP) is 3.15. The maximum atomic E-state index is 12.7. The Bertz CT molecular complexity index is 488. The van der Waals surface area contributed by atoms with Gasteiger partial charge in [0.2, 0.25) is 0 Å². The van der Waals surface area contributed by atoms with E-state index in [9.17, 15) is 4.79 Å². The molecule has 0 radical (unpaired) electrons. The van der Waals surface area contributed by atoms with Crippen LogP contribution in [0.15, 0.2) is 6.07 Å². The standard InChI is InChI=1S/C15H21NO2S/c1-11-9-13(12(2)19-11)14(17)16-7-8-18-15(10-16)5-3-4-6-15/h9H,3-8,10H2,1-2H3. The summed E-state index contributed by atoms with van der Waals surface area (Å²) in [5.74, 6) is 0.191. The van der Waals surface area contributed by atoms with Crippen molar-refractivity contribution in [3.05, 3.63) is 21.4 Å². The lowest BCUT2D eigenvalue weighted by atomic mass is 9.99. The van der Waals surface area contributed by atoms with Crippen LogP contribution in [0.1, 0.15) is 45.8 Å². The summed E-state index contributed by atoms with van der Waals surface area (Å²) < 4.78 is 5.99. The lowest BCUT2D eigenvalue weighted by Gasteiger charge is -2.40. The molecule has 1 aliphatic carbocycles. The van der Waals surface area contributed by atoms with E-state index in [4.69, 9.17) is 4.74 Å². The number of nitrogens with zero attached hydrogens (tertiary/aromatic N) is 1. The van der Waals surface area contributed by atoms with Crippen LogP contribution >= 0.6 is 11.3 Å². The molecule has 3 rings (SSSR count). The molecule has 1 aliphatic heterocycles. The van der Waals surface area contributed by atoms with Gasteiger partial charge < -0.3 is 9.64 Å². The Labute approximate surface area is 118 Å². The zero-order chi connectivity index (χ0) is 13.5. The van der Waals surface area contributed by atoms with Crippen LogP contribution in [-0.4, -0.2) is 36.1 Å². The van der Waals surface area contributed by atoms with Crippen molar-refractivity contribution in [2.45, 2.75) is 45.1 Å². The van der Waals surface area contributed by atoms with Gasteiger partial charge in [-0.25, -0.2) is 0 Å². The minimum absolute atomic E-state index is 0.0348. The van der Waals surface area contributed by atoms with E-state index >= 15 is 0 Å². The van der Waals surface area contributed by atoms with Crippen molar-refractivity contribution >= 4 is 17.2 Å². The predicted molar refractivity (Wildman–Crippen MR) is 76.8 cm³/mol. The normalized spacial score (nSPS) is 22.1. The third-order valence-electron chi connectivity index (χ3n) is 4.32. The van der Waals surface area contributed by atoms with Crippen molar-refractivity contribution < 1.29 is 9.53 Å². The summed E-state index contributed by atoms with van der Waals surface area (Å²) in [7, 11) is 0.